The monoisotopic (exact) mass is 353 g/mol. The van der Waals surface area contributed by atoms with Gasteiger partial charge in [0.25, 0.3) is 0 Å². The minimum atomic E-state index is 0.391. The van der Waals surface area contributed by atoms with Crippen LogP contribution in [0.15, 0.2) is 42.5 Å². The molecule has 0 aliphatic carbocycles. The molecule has 3 aromatic rings. The molecule has 0 bridgehead atoms. The minimum Gasteiger partial charge on any atom is -0.349 e. The molecule has 0 saturated heterocycles. The molecule has 1 heterocycles. The molecule has 2 aromatic carbocycles. The third kappa shape index (κ3) is 3.16. The molecular formula is C14H10Cl3N5. The summed E-state index contributed by atoms with van der Waals surface area (Å²) in [5.41, 5.74) is 1.62. The summed E-state index contributed by atoms with van der Waals surface area (Å²) in [6.45, 7) is 0.527. The molecule has 1 N–H and O–H groups in total. The van der Waals surface area contributed by atoms with Gasteiger partial charge >= 0.3 is 0 Å². The second kappa shape index (κ2) is 6.52. The van der Waals surface area contributed by atoms with E-state index in [9.17, 15) is 0 Å². The number of hydrogen-bond acceptors (Lipinski definition) is 4. The van der Waals surface area contributed by atoms with Crippen molar-refractivity contribution in [2.75, 3.05) is 5.32 Å². The van der Waals surface area contributed by atoms with Gasteiger partial charge in [0.1, 0.15) is 0 Å². The smallest absolute Gasteiger partial charge is 0.248 e. The normalized spacial score (nSPS) is 10.7. The second-order valence-electron chi connectivity index (χ2n) is 4.47. The number of nitrogens with zero attached hydrogens (tertiary/aromatic N) is 4. The molecule has 5 nitrogen and oxygen atoms in total. The quantitative estimate of drug-likeness (QED) is 0.761. The van der Waals surface area contributed by atoms with Gasteiger partial charge in [-0.25, -0.2) is 0 Å². The van der Waals surface area contributed by atoms with Crippen LogP contribution in [-0.2, 0) is 6.54 Å². The Morgan fingerprint density at radius 2 is 1.86 bits per heavy atom. The van der Waals surface area contributed by atoms with E-state index in [1.807, 2.05) is 24.3 Å². The number of anilines is 1. The van der Waals surface area contributed by atoms with Crippen LogP contribution in [0.1, 0.15) is 5.56 Å². The zero-order valence-corrected chi connectivity index (χ0v) is 13.4. The molecule has 0 unspecified atom stereocenters. The van der Waals surface area contributed by atoms with Crippen LogP contribution < -0.4 is 5.32 Å². The molecular weight excluding hydrogens is 345 g/mol. The standard InChI is InChI=1S/C14H10Cl3N5/c15-10-4-1-3-9(7-10)8-18-14-19-20-21-22(14)12-6-2-5-11(16)13(12)17/h1-7H,8H2,(H,18,19,21). The first-order valence-corrected chi connectivity index (χ1v) is 7.49. The maximum atomic E-state index is 6.20. The van der Waals surface area contributed by atoms with Gasteiger partial charge in [0.05, 0.1) is 15.7 Å². The molecule has 0 amide bonds. The predicted octanol–water partition coefficient (Wildman–Crippen LogP) is 4.23. The van der Waals surface area contributed by atoms with E-state index in [0.29, 0.717) is 33.2 Å². The Kier molecular flexibility index (Phi) is 4.47. The van der Waals surface area contributed by atoms with Crippen molar-refractivity contribution in [3.63, 3.8) is 0 Å². The van der Waals surface area contributed by atoms with E-state index in [4.69, 9.17) is 34.8 Å². The molecule has 0 fully saturated rings. The van der Waals surface area contributed by atoms with Crippen LogP contribution in [0.3, 0.4) is 0 Å². The Balaban J connectivity index is 1.85. The highest BCUT2D eigenvalue weighted by molar-refractivity contribution is 6.43. The van der Waals surface area contributed by atoms with Gasteiger partial charge in [0.2, 0.25) is 5.95 Å². The zero-order chi connectivity index (χ0) is 15.5. The second-order valence-corrected chi connectivity index (χ2v) is 5.69. The fourth-order valence-electron chi connectivity index (χ4n) is 1.94. The van der Waals surface area contributed by atoms with Crippen molar-refractivity contribution < 1.29 is 0 Å². The lowest BCUT2D eigenvalue weighted by Gasteiger charge is -2.09. The van der Waals surface area contributed by atoms with Crippen LogP contribution in [0, 0.1) is 0 Å². The molecule has 22 heavy (non-hydrogen) atoms. The highest BCUT2D eigenvalue weighted by atomic mass is 35.5. The third-order valence-electron chi connectivity index (χ3n) is 2.97. The van der Waals surface area contributed by atoms with Crippen molar-refractivity contribution in [3.05, 3.63) is 63.1 Å². The van der Waals surface area contributed by atoms with Gasteiger partial charge in [-0.2, -0.15) is 4.68 Å². The van der Waals surface area contributed by atoms with E-state index in [1.165, 1.54) is 4.68 Å². The summed E-state index contributed by atoms with van der Waals surface area (Å²) in [5, 5.41) is 16.2. The molecule has 3 rings (SSSR count). The topological polar surface area (TPSA) is 55.6 Å². The Morgan fingerprint density at radius 3 is 2.68 bits per heavy atom. The summed E-state index contributed by atoms with van der Waals surface area (Å²) in [6, 6.07) is 12.8. The number of rotatable bonds is 4. The highest BCUT2D eigenvalue weighted by Crippen LogP contribution is 2.29. The molecule has 0 aliphatic rings. The van der Waals surface area contributed by atoms with Gasteiger partial charge < -0.3 is 5.32 Å². The summed E-state index contributed by atoms with van der Waals surface area (Å²) in [4.78, 5) is 0. The van der Waals surface area contributed by atoms with E-state index in [0.717, 1.165) is 5.56 Å². The molecule has 8 heteroatoms. The first kappa shape index (κ1) is 15.1. The number of halogens is 3. The van der Waals surface area contributed by atoms with Crippen molar-refractivity contribution in [2.24, 2.45) is 0 Å². The first-order chi connectivity index (χ1) is 10.6. The lowest BCUT2D eigenvalue weighted by atomic mass is 10.2. The fraction of sp³-hybridized carbons (Fsp3) is 0.0714. The molecule has 1 aromatic heterocycles. The van der Waals surface area contributed by atoms with Gasteiger partial charge in [-0.15, -0.1) is 0 Å². The largest absolute Gasteiger partial charge is 0.349 e. The molecule has 112 valence electrons. The number of hydrogen-bond donors (Lipinski definition) is 1. The van der Waals surface area contributed by atoms with Gasteiger partial charge in [-0.1, -0.05) is 58.1 Å². The van der Waals surface area contributed by atoms with Gasteiger partial charge in [0.15, 0.2) is 0 Å². The number of nitrogens with one attached hydrogen (secondary N) is 1. The first-order valence-electron chi connectivity index (χ1n) is 6.36. The van der Waals surface area contributed by atoms with Crippen molar-refractivity contribution >= 4 is 40.8 Å². The molecule has 0 radical (unpaired) electrons. The van der Waals surface area contributed by atoms with E-state index in [-0.39, 0.29) is 0 Å². The highest BCUT2D eigenvalue weighted by Gasteiger charge is 2.13. The Morgan fingerprint density at radius 1 is 1.05 bits per heavy atom. The van der Waals surface area contributed by atoms with Gasteiger partial charge in [-0.05, 0) is 40.3 Å². The van der Waals surface area contributed by atoms with Crippen LogP contribution in [0.4, 0.5) is 5.95 Å². The molecule has 0 saturated carbocycles. The number of aromatic nitrogens is 4. The van der Waals surface area contributed by atoms with Crippen LogP contribution in [0.2, 0.25) is 15.1 Å². The molecule has 0 spiro atoms. The van der Waals surface area contributed by atoms with Gasteiger partial charge in [0, 0.05) is 11.6 Å². The maximum Gasteiger partial charge on any atom is 0.248 e. The van der Waals surface area contributed by atoms with Crippen LogP contribution in [0.25, 0.3) is 5.69 Å². The summed E-state index contributed by atoms with van der Waals surface area (Å²) in [5.74, 6) is 0.462. The SMILES string of the molecule is Clc1cccc(CNc2nnnn2-c2cccc(Cl)c2Cl)c1. The molecule has 0 atom stereocenters. The van der Waals surface area contributed by atoms with Crippen LogP contribution in [0.5, 0.6) is 0 Å². The third-order valence-corrected chi connectivity index (χ3v) is 4.01. The average Bonchev–Trinajstić information content (AvgIpc) is 2.96. The van der Waals surface area contributed by atoms with Crippen molar-refractivity contribution in [3.8, 4) is 5.69 Å². The maximum absolute atomic E-state index is 6.20. The Hall–Kier alpha value is -1.82. The summed E-state index contributed by atoms with van der Waals surface area (Å²) in [6.07, 6.45) is 0. The summed E-state index contributed by atoms with van der Waals surface area (Å²) < 4.78 is 1.50. The van der Waals surface area contributed by atoms with Crippen molar-refractivity contribution in [2.45, 2.75) is 6.54 Å². The summed E-state index contributed by atoms with van der Waals surface area (Å²) >= 11 is 18.2. The van der Waals surface area contributed by atoms with Crippen molar-refractivity contribution in [1.82, 2.24) is 20.2 Å². The average molecular weight is 355 g/mol. The lowest BCUT2D eigenvalue weighted by molar-refractivity contribution is 0.789. The number of tetrazole rings is 1. The Labute approximate surface area is 141 Å². The number of benzene rings is 2. The fourth-order valence-corrected chi connectivity index (χ4v) is 2.53. The molecule has 0 aliphatic heterocycles. The van der Waals surface area contributed by atoms with Gasteiger partial charge in [-0.3, -0.25) is 0 Å². The van der Waals surface area contributed by atoms with Crippen molar-refractivity contribution in [1.29, 1.82) is 0 Å². The Bertz CT molecular complexity index is 803. The van der Waals surface area contributed by atoms with E-state index >= 15 is 0 Å². The minimum absolute atomic E-state index is 0.391. The van der Waals surface area contributed by atoms with E-state index in [2.05, 4.69) is 20.8 Å². The van der Waals surface area contributed by atoms with Crippen LogP contribution in [-0.4, -0.2) is 20.2 Å². The van der Waals surface area contributed by atoms with E-state index in [1.54, 1.807) is 18.2 Å². The summed E-state index contributed by atoms with van der Waals surface area (Å²) in [7, 11) is 0. The zero-order valence-electron chi connectivity index (χ0n) is 11.2. The van der Waals surface area contributed by atoms with Crippen LogP contribution >= 0.6 is 34.8 Å². The lowest BCUT2D eigenvalue weighted by Crippen LogP contribution is -2.08. The van der Waals surface area contributed by atoms with E-state index < -0.39 is 0 Å². The predicted molar refractivity (Wildman–Crippen MR) is 88.0 cm³/mol.